The van der Waals surface area contributed by atoms with Crippen LogP contribution in [0.25, 0.3) is 0 Å². The van der Waals surface area contributed by atoms with Gasteiger partial charge in [-0.1, -0.05) is 0 Å². The highest BCUT2D eigenvalue weighted by atomic mass is 16.5. The highest BCUT2D eigenvalue weighted by Crippen LogP contribution is 2.25. The molecule has 0 saturated carbocycles. The maximum Gasteiger partial charge on any atom is 0.151 e. The SMILES string of the molecule is Cc1nc(N2CCCCC2)cc(N2CCN(c3cc4c(nn3)CCOC4)CC2)n1. The van der Waals surface area contributed by atoms with Crippen molar-refractivity contribution in [2.45, 2.75) is 39.2 Å². The quantitative estimate of drug-likeness (QED) is 0.781. The topological polar surface area (TPSA) is 70.5 Å². The molecule has 0 unspecified atom stereocenters. The Morgan fingerprint density at radius 3 is 2.14 bits per heavy atom. The summed E-state index contributed by atoms with van der Waals surface area (Å²) in [5.41, 5.74) is 2.27. The van der Waals surface area contributed by atoms with Gasteiger partial charge in [-0.3, -0.25) is 0 Å². The third kappa shape index (κ3) is 3.99. The monoisotopic (exact) mass is 395 g/mol. The van der Waals surface area contributed by atoms with Crippen LogP contribution in [-0.4, -0.2) is 66.0 Å². The molecule has 0 N–H and O–H groups in total. The summed E-state index contributed by atoms with van der Waals surface area (Å²) >= 11 is 0. The van der Waals surface area contributed by atoms with E-state index in [2.05, 4.69) is 37.0 Å². The fourth-order valence-electron chi connectivity index (χ4n) is 4.43. The van der Waals surface area contributed by atoms with E-state index in [0.29, 0.717) is 6.61 Å². The van der Waals surface area contributed by atoms with Gasteiger partial charge in [0.2, 0.25) is 0 Å². The Bertz CT molecular complexity index is 860. The van der Waals surface area contributed by atoms with Crippen LogP contribution in [0.2, 0.25) is 0 Å². The Balaban J connectivity index is 1.27. The van der Waals surface area contributed by atoms with E-state index < -0.39 is 0 Å². The Morgan fingerprint density at radius 2 is 1.41 bits per heavy atom. The molecule has 154 valence electrons. The number of hydrogen-bond acceptors (Lipinski definition) is 8. The molecule has 5 heterocycles. The zero-order valence-corrected chi connectivity index (χ0v) is 17.2. The minimum Gasteiger partial charge on any atom is -0.376 e. The van der Waals surface area contributed by atoms with Crippen LogP contribution in [0, 0.1) is 6.92 Å². The van der Waals surface area contributed by atoms with E-state index >= 15 is 0 Å². The third-order valence-corrected chi connectivity index (χ3v) is 6.11. The molecule has 3 aliphatic rings. The summed E-state index contributed by atoms with van der Waals surface area (Å²) in [4.78, 5) is 16.5. The average molecular weight is 396 g/mol. The van der Waals surface area contributed by atoms with Gasteiger partial charge in [-0.25, -0.2) is 9.97 Å². The molecule has 0 aliphatic carbocycles. The third-order valence-electron chi connectivity index (χ3n) is 6.11. The van der Waals surface area contributed by atoms with Crippen molar-refractivity contribution in [3.05, 3.63) is 29.2 Å². The average Bonchev–Trinajstić information content (AvgIpc) is 2.79. The van der Waals surface area contributed by atoms with Crippen molar-refractivity contribution in [2.75, 3.05) is 60.6 Å². The van der Waals surface area contributed by atoms with Gasteiger partial charge in [-0.2, -0.15) is 5.10 Å². The van der Waals surface area contributed by atoms with E-state index in [-0.39, 0.29) is 0 Å². The van der Waals surface area contributed by atoms with Gasteiger partial charge < -0.3 is 19.4 Å². The van der Waals surface area contributed by atoms with Gasteiger partial charge in [0, 0.05) is 57.3 Å². The molecule has 8 heteroatoms. The first-order chi connectivity index (χ1) is 14.3. The number of anilines is 3. The molecular formula is C21H29N7O. The summed E-state index contributed by atoms with van der Waals surface area (Å²) in [5.74, 6) is 3.94. The molecule has 29 heavy (non-hydrogen) atoms. The summed E-state index contributed by atoms with van der Waals surface area (Å²) in [7, 11) is 0. The Hall–Kier alpha value is -2.48. The van der Waals surface area contributed by atoms with Crippen LogP contribution in [0.3, 0.4) is 0 Å². The van der Waals surface area contributed by atoms with Gasteiger partial charge in [0.05, 0.1) is 18.9 Å². The van der Waals surface area contributed by atoms with E-state index in [1.165, 1.54) is 24.8 Å². The number of nitrogens with zero attached hydrogens (tertiary/aromatic N) is 7. The molecule has 3 aliphatic heterocycles. The molecule has 2 aromatic heterocycles. The number of aryl methyl sites for hydroxylation is 1. The first-order valence-electron chi connectivity index (χ1n) is 10.8. The minimum atomic E-state index is 0.650. The summed E-state index contributed by atoms with van der Waals surface area (Å²) in [6.45, 7) is 9.27. The van der Waals surface area contributed by atoms with Crippen LogP contribution >= 0.6 is 0 Å². The van der Waals surface area contributed by atoms with Gasteiger partial charge in [0.15, 0.2) is 5.82 Å². The number of aromatic nitrogens is 4. The molecule has 2 saturated heterocycles. The fraction of sp³-hybridized carbons (Fsp3) is 0.619. The number of piperazine rings is 1. The molecule has 0 amide bonds. The zero-order chi connectivity index (χ0) is 19.6. The van der Waals surface area contributed by atoms with Gasteiger partial charge in [0.25, 0.3) is 0 Å². The highest BCUT2D eigenvalue weighted by molar-refractivity contribution is 5.53. The predicted octanol–water partition coefficient (Wildman–Crippen LogP) is 1.96. The number of hydrogen-bond donors (Lipinski definition) is 0. The molecule has 2 aromatic rings. The van der Waals surface area contributed by atoms with E-state index in [1.807, 2.05) is 6.92 Å². The lowest BCUT2D eigenvalue weighted by Crippen LogP contribution is -2.47. The van der Waals surface area contributed by atoms with E-state index in [0.717, 1.165) is 81.3 Å². The van der Waals surface area contributed by atoms with Gasteiger partial charge in [0.1, 0.15) is 17.5 Å². The van der Waals surface area contributed by atoms with Gasteiger partial charge in [-0.05, 0) is 32.3 Å². The zero-order valence-electron chi connectivity index (χ0n) is 17.2. The maximum absolute atomic E-state index is 5.57. The highest BCUT2D eigenvalue weighted by Gasteiger charge is 2.23. The van der Waals surface area contributed by atoms with Crippen molar-refractivity contribution in [1.82, 2.24) is 20.2 Å². The van der Waals surface area contributed by atoms with E-state index in [4.69, 9.17) is 14.7 Å². The van der Waals surface area contributed by atoms with Crippen LogP contribution in [0.4, 0.5) is 17.5 Å². The number of piperidine rings is 1. The fourth-order valence-corrected chi connectivity index (χ4v) is 4.43. The van der Waals surface area contributed by atoms with Crippen LogP contribution in [-0.2, 0) is 17.8 Å². The van der Waals surface area contributed by atoms with Gasteiger partial charge in [-0.15, -0.1) is 5.10 Å². The van der Waals surface area contributed by atoms with E-state index in [9.17, 15) is 0 Å². The molecule has 0 radical (unpaired) electrons. The molecule has 0 atom stereocenters. The lowest BCUT2D eigenvalue weighted by Gasteiger charge is -2.36. The summed E-state index contributed by atoms with van der Waals surface area (Å²) in [6, 6.07) is 4.32. The van der Waals surface area contributed by atoms with E-state index in [1.54, 1.807) is 0 Å². The van der Waals surface area contributed by atoms with Crippen LogP contribution < -0.4 is 14.7 Å². The van der Waals surface area contributed by atoms with Gasteiger partial charge >= 0.3 is 0 Å². The first-order valence-corrected chi connectivity index (χ1v) is 10.8. The summed E-state index contributed by atoms with van der Waals surface area (Å²) < 4.78 is 5.57. The van der Waals surface area contributed by atoms with Crippen molar-refractivity contribution in [3.63, 3.8) is 0 Å². The smallest absolute Gasteiger partial charge is 0.151 e. The maximum atomic E-state index is 5.57. The minimum absolute atomic E-state index is 0.650. The lowest BCUT2D eigenvalue weighted by atomic mass is 10.1. The number of fused-ring (bicyclic) bond motifs is 1. The van der Waals surface area contributed by atoms with Crippen molar-refractivity contribution in [1.29, 1.82) is 0 Å². The Kier molecular flexibility index (Phi) is 5.18. The molecule has 0 aromatic carbocycles. The normalized spacial score (nSPS) is 20.0. The predicted molar refractivity (Wildman–Crippen MR) is 113 cm³/mol. The van der Waals surface area contributed by atoms with Crippen molar-refractivity contribution in [3.8, 4) is 0 Å². The summed E-state index contributed by atoms with van der Waals surface area (Å²) in [5, 5.41) is 8.91. The molecule has 8 nitrogen and oxygen atoms in total. The summed E-state index contributed by atoms with van der Waals surface area (Å²) in [6.07, 6.45) is 4.70. The standard InChI is InChI=1S/C21H29N7O/c1-16-22-19(26-6-3-2-4-7-26)14-20(23-16)27-8-10-28(11-9-27)21-13-17-15-29-12-5-18(17)24-25-21/h13-14H,2-12,15H2,1H3. The molecule has 0 spiro atoms. The van der Waals surface area contributed by atoms with Crippen molar-refractivity contribution < 1.29 is 4.74 Å². The Morgan fingerprint density at radius 1 is 0.759 bits per heavy atom. The van der Waals surface area contributed by atoms with Crippen LogP contribution in [0.1, 0.15) is 36.3 Å². The molecular weight excluding hydrogens is 366 g/mol. The largest absolute Gasteiger partial charge is 0.376 e. The second-order valence-electron chi connectivity index (χ2n) is 8.13. The first kappa shape index (κ1) is 18.5. The lowest BCUT2D eigenvalue weighted by molar-refractivity contribution is 0.109. The second kappa shape index (κ2) is 8.10. The van der Waals surface area contributed by atoms with Crippen molar-refractivity contribution in [2.24, 2.45) is 0 Å². The second-order valence-corrected chi connectivity index (χ2v) is 8.13. The van der Waals surface area contributed by atoms with Crippen LogP contribution in [0.15, 0.2) is 12.1 Å². The molecule has 2 fully saturated rings. The Labute approximate surface area is 171 Å². The number of ether oxygens (including phenoxy) is 1. The number of rotatable bonds is 3. The molecule has 0 bridgehead atoms. The van der Waals surface area contributed by atoms with Crippen LogP contribution in [0.5, 0.6) is 0 Å². The van der Waals surface area contributed by atoms with Crippen molar-refractivity contribution >= 4 is 17.5 Å². The molecule has 5 rings (SSSR count).